The van der Waals surface area contributed by atoms with Crippen molar-refractivity contribution in [3.05, 3.63) is 40.9 Å². The van der Waals surface area contributed by atoms with Crippen LogP contribution in [0, 0.1) is 0 Å². The van der Waals surface area contributed by atoms with Gasteiger partial charge in [0.25, 0.3) is 0 Å². The van der Waals surface area contributed by atoms with Crippen molar-refractivity contribution in [2.75, 3.05) is 19.5 Å². The average molecular weight is 359 g/mol. The quantitative estimate of drug-likeness (QED) is 0.696. The first-order valence-corrected chi connectivity index (χ1v) is 8.51. The van der Waals surface area contributed by atoms with E-state index >= 15 is 0 Å². The summed E-state index contributed by atoms with van der Waals surface area (Å²) in [6.07, 6.45) is 0.570. The van der Waals surface area contributed by atoms with E-state index in [9.17, 15) is 4.79 Å². The molecule has 3 rings (SSSR count). The first-order valence-electron chi connectivity index (χ1n) is 7.56. The standard InChI is InChI=1S/C17H17N3O4S/c1-22-12-3-4-14(23-2)13(9-12)18-15(21)5-6-16-19-17(20-24-16)11-7-8-25-10-11/h3-4,7-10H,5-6H2,1-2H3,(H,18,21). The summed E-state index contributed by atoms with van der Waals surface area (Å²) in [6, 6.07) is 7.12. The van der Waals surface area contributed by atoms with Gasteiger partial charge in [-0.2, -0.15) is 16.3 Å². The highest BCUT2D eigenvalue weighted by molar-refractivity contribution is 7.08. The molecule has 0 unspecified atom stereocenters. The number of aromatic nitrogens is 2. The van der Waals surface area contributed by atoms with Gasteiger partial charge >= 0.3 is 0 Å². The highest BCUT2D eigenvalue weighted by atomic mass is 32.1. The van der Waals surface area contributed by atoms with Gasteiger partial charge in [0.15, 0.2) is 0 Å². The summed E-state index contributed by atoms with van der Waals surface area (Å²) in [5.41, 5.74) is 1.46. The Labute approximate surface area is 148 Å². The second-order valence-electron chi connectivity index (χ2n) is 5.14. The minimum absolute atomic E-state index is 0.179. The zero-order valence-corrected chi connectivity index (χ0v) is 14.6. The van der Waals surface area contributed by atoms with Crippen molar-refractivity contribution in [3.8, 4) is 22.9 Å². The predicted molar refractivity (Wildman–Crippen MR) is 94.1 cm³/mol. The molecule has 25 heavy (non-hydrogen) atoms. The lowest BCUT2D eigenvalue weighted by Crippen LogP contribution is -2.13. The van der Waals surface area contributed by atoms with E-state index < -0.39 is 0 Å². The van der Waals surface area contributed by atoms with Crippen molar-refractivity contribution in [1.29, 1.82) is 0 Å². The molecular weight excluding hydrogens is 342 g/mol. The van der Waals surface area contributed by atoms with Crippen LogP contribution in [0.25, 0.3) is 11.4 Å². The van der Waals surface area contributed by atoms with Crippen molar-refractivity contribution < 1.29 is 18.8 Å². The molecule has 2 heterocycles. The number of hydrogen-bond donors (Lipinski definition) is 1. The summed E-state index contributed by atoms with van der Waals surface area (Å²) in [5.74, 6) is 1.97. The minimum atomic E-state index is -0.179. The third-order valence-electron chi connectivity index (χ3n) is 3.49. The molecule has 0 saturated heterocycles. The number of thiophene rings is 1. The fourth-order valence-electron chi connectivity index (χ4n) is 2.21. The number of hydrogen-bond acceptors (Lipinski definition) is 7. The zero-order chi connectivity index (χ0) is 17.6. The molecule has 0 aliphatic heterocycles. The molecule has 1 aromatic carbocycles. The summed E-state index contributed by atoms with van der Waals surface area (Å²) in [5, 5.41) is 10.6. The molecule has 8 heteroatoms. The number of amides is 1. The number of benzene rings is 1. The summed E-state index contributed by atoms with van der Waals surface area (Å²) in [6.45, 7) is 0. The van der Waals surface area contributed by atoms with Gasteiger partial charge in [-0.25, -0.2) is 0 Å². The number of anilines is 1. The van der Waals surface area contributed by atoms with Gasteiger partial charge in [0, 0.05) is 29.9 Å². The number of aryl methyl sites for hydroxylation is 1. The SMILES string of the molecule is COc1ccc(OC)c(NC(=O)CCc2nc(-c3ccsc3)no2)c1. The fraction of sp³-hybridized carbons (Fsp3) is 0.235. The molecule has 0 spiro atoms. The van der Waals surface area contributed by atoms with Gasteiger partial charge in [-0.1, -0.05) is 5.16 Å². The first-order chi connectivity index (χ1) is 12.2. The van der Waals surface area contributed by atoms with E-state index in [0.717, 1.165) is 5.56 Å². The smallest absolute Gasteiger partial charge is 0.227 e. The van der Waals surface area contributed by atoms with Gasteiger partial charge < -0.3 is 19.3 Å². The van der Waals surface area contributed by atoms with Crippen LogP contribution in [-0.4, -0.2) is 30.3 Å². The Hall–Kier alpha value is -2.87. The van der Waals surface area contributed by atoms with Gasteiger partial charge in [0.1, 0.15) is 11.5 Å². The monoisotopic (exact) mass is 359 g/mol. The fourth-order valence-corrected chi connectivity index (χ4v) is 2.84. The zero-order valence-electron chi connectivity index (χ0n) is 13.8. The van der Waals surface area contributed by atoms with Gasteiger partial charge in [-0.05, 0) is 23.6 Å². The van der Waals surface area contributed by atoms with E-state index in [1.807, 2.05) is 16.8 Å². The number of nitrogens with zero attached hydrogens (tertiary/aromatic N) is 2. The van der Waals surface area contributed by atoms with Crippen LogP contribution in [0.15, 0.2) is 39.5 Å². The molecule has 0 bridgehead atoms. The molecule has 1 amide bonds. The lowest BCUT2D eigenvalue weighted by Gasteiger charge is -2.11. The summed E-state index contributed by atoms with van der Waals surface area (Å²) < 4.78 is 15.6. The molecule has 130 valence electrons. The summed E-state index contributed by atoms with van der Waals surface area (Å²) in [7, 11) is 3.11. The molecule has 0 fully saturated rings. The Morgan fingerprint density at radius 2 is 2.16 bits per heavy atom. The largest absolute Gasteiger partial charge is 0.497 e. The molecule has 0 atom stereocenters. The number of carbonyl (C=O) groups is 1. The first kappa shape index (κ1) is 17.0. The molecule has 7 nitrogen and oxygen atoms in total. The van der Waals surface area contributed by atoms with Gasteiger partial charge in [0.05, 0.1) is 19.9 Å². The number of nitrogens with one attached hydrogen (secondary N) is 1. The van der Waals surface area contributed by atoms with E-state index in [4.69, 9.17) is 14.0 Å². The molecule has 0 saturated carbocycles. The molecule has 0 radical (unpaired) electrons. The van der Waals surface area contributed by atoms with Gasteiger partial charge in [0.2, 0.25) is 17.6 Å². The van der Waals surface area contributed by atoms with Gasteiger partial charge in [-0.3, -0.25) is 4.79 Å². The van der Waals surface area contributed by atoms with Crippen molar-refractivity contribution in [2.24, 2.45) is 0 Å². The van der Waals surface area contributed by atoms with Crippen LogP contribution in [0.1, 0.15) is 12.3 Å². The van der Waals surface area contributed by atoms with Crippen LogP contribution >= 0.6 is 11.3 Å². The highest BCUT2D eigenvalue weighted by Crippen LogP contribution is 2.29. The third-order valence-corrected chi connectivity index (χ3v) is 4.18. The van der Waals surface area contributed by atoms with Crippen LogP contribution in [-0.2, 0) is 11.2 Å². The van der Waals surface area contributed by atoms with Crippen LogP contribution in [0.5, 0.6) is 11.5 Å². The summed E-state index contributed by atoms with van der Waals surface area (Å²) >= 11 is 1.56. The van der Waals surface area contributed by atoms with Crippen molar-refractivity contribution in [3.63, 3.8) is 0 Å². The van der Waals surface area contributed by atoms with Crippen LogP contribution in [0.4, 0.5) is 5.69 Å². The maximum absolute atomic E-state index is 12.2. The van der Waals surface area contributed by atoms with Crippen molar-refractivity contribution in [2.45, 2.75) is 12.8 Å². The number of rotatable bonds is 7. The van der Waals surface area contributed by atoms with Crippen LogP contribution < -0.4 is 14.8 Å². The Bertz CT molecular complexity index is 845. The van der Waals surface area contributed by atoms with E-state index in [1.165, 1.54) is 0 Å². The third kappa shape index (κ3) is 4.16. The second kappa shape index (κ2) is 7.80. The minimum Gasteiger partial charge on any atom is -0.497 e. The Kier molecular flexibility index (Phi) is 5.30. The highest BCUT2D eigenvalue weighted by Gasteiger charge is 2.13. The van der Waals surface area contributed by atoms with Crippen LogP contribution in [0.2, 0.25) is 0 Å². The number of carbonyl (C=O) groups excluding carboxylic acids is 1. The molecular formula is C17H17N3O4S. The number of ether oxygens (including phenoxy) is 2. The molecule has 0 aliphatic rings. The van der Waals surface area contributed by atoms with E-state index in [1.54, 1.807) is 43.8 Å². The maximum atomic E-state index is 12.2. The lowest BCUT2D eigenvalue weighted by atomic mass is 10.2. The molecule has 3 aromatic rings. The normalized spacial score (nSPS) is 10.5. The molecule has 1 N–H and O–H groups in total. The van der Waals surface area contributed by atoms with Crippen molar-refractivity contribution in [1.82, 2.24) is 10.1 Å². The maximum Gasteiger partial charge on any atom is 0.227 e. The van der Waals surface area contributed by atoms with E-state index in [0.29, 0.717) is 35.3 Å². The van der Waals surface area contributed by atoms with E-state index in [-0.39, 0.29) is 12.3 Å². The Morgan fingerprint density at radius 3 is 2.88 bits per heavy atom. The topological polar surface area (TPSA) is 86.5 Å². The summed E-state index contributed by atoms with van der Waals surface area (Å²) in [4.78, 5) is 16.5. The molecule has 0 aliphatic carbocycles. The second-order valence-corrected chi connectivity index (χ2v) is 5.92. The van der Waals surface area contributed by atoms with Crippen molar-refractivity contribution >= 4 is 22.9 Å². The average Bonchev–Trinajstić information content (AvgIpc) is 3.31. The lowest BCUT2D eigenvalue weighted by molar-refractivity contribution is -0.116. The van der Waals surface area contributed by atoms with Crippen LogP contribution in [0.3, 0.4) is 0 Å². The van der Waals surface area contributed by atoms with Gasteiger partial charge in [-0.15, -0.1) is 0 Å². The Balaban J connectivity index is 1.60. The Morgan fingerprint density at radius 1 is 1.28 bits per heavy atom. The molecule has 2 aromatic heterocycles. The number of methoxy groups -OCH3 is 2. The van der Waals surface area contributed by atoms with E-state index in [2.05, 4.69) is 15.5 Å². The predicted octanol–water partition coefficient (Wildman–Crippen LogP) is 3.39.